The Kier molecular flexibility index (Phi) is 12.1. The number of aromatic carboxylic acids is 6. The molecule has 6 aromatic carbocycles. The molecule has 6 rings (SSSR count). The van der Waals surface area contributed by atoms with Gasteiger partial charge in [0, 0.05) is 50.4 Å². The number of benzene rings is 6. The topological polar surface area (TPSA) is 227 Å². The molecule has 0 bridgehead atoms. The number of hydrogen-bond acceptors (Lipinski definition) is 7. The summed E-state index contributed by atoms with van der Waals surface area (Å²) in [4.78, 5) is 71.2. The van der Waals surface area contributed by atoms with Gasteiger partial charge in [0.2, 0.25) is 0 Å². The summed E-state index contributed by atoms with van der Waals surface area (Å²) in [6.45, 7) is 0. The molecule has 0 unspecified atom stereocenters. The Balaban J connectivity index is 1.35. The van der Waals surface area contributed by atoms with Crippen molar-refractivity contribution in [2.75, 3.05) is 4.90 Å². The minimum atomic E-state index is -1.30. The van der Waals surface area contributed by atoms with Crippen molar-refractivity contribution in [1.29, 1.82) is 0 Å². The Morgan fingerprint density at radius 1 is 0.279 bits per heavy atom. The van der Waals surface area contributed by atoms with Crippen molar-refractivity contribution in [1.82, 2.24) is 0 Å². The van der Waals surface area contributed by atoms with E-state index in [1.807, 2.05) is 4.90 Å². The van der Waals surface area contributed by atoms with Gasteiger partial charge in [-0.25, -0.2) is 28.8 Å². The molecule has 0 saturated heterocycles. The number of carboxylic acids is 6. The van der Waals surface area contributed by atoms with Crippen molar-refractivity contribution in [3.05, 3.63) is 194 Å². The number of carbonyl (C=O) groups is 6. The van der Waals surface area contributed by atoms with Crippen LogP contribution >= 0.6 is 0 Å². The molecular weight excluding hydrogens is 783 g/mol. The lowest BCUT2D eigenvalue weighted by Gasteiger charge is -2.25. The summed E-state index contributed by atoms with van der Waals surface area (Å²) in [7, 11) is 0. The highest BCUT2D eigenvalue weighted by Gasteiger charge is 2.15. The Bertz CT molecular complexity index is 2570. The Morgan fingerprint density at radius 2 is 0.459 bits per heavy atom. The SMILES string of the molecule is O=C(O)c1cc(C#Cc2ccc(N(c3ccc(C#Cc4cc(C(=O)O)cc(C(=O)O)c4)cc3)c3ccc(C#Cc4cc(C(=O)O)cc(C(=O)O)c4)cc3)cc2)cc(C(=O)O)c1. The van der Waals surface area contributed by atoms with Crippen LogP contribution in [0.4, 0.5) is 17.1 Å². The maximum absolute atomic E-state index is 11.6. The normalized spacial score (nSPS) is 10.0. The van der Waals surface area contributed by atoms with E-state index in [-0.39, 0.29) is 50.1 Å². The predicted molar refractivity (Wildman–Crippen MR) is 220 cm³/mol. The second-order valence-electron chi connectivity index (χ2n) is 13.0. The van der Waals surface area contributed by atoms with Crippen molar-refractivity contribution in [3.63, 3.8) is 0 Å². The number of hydrogen-bond donors (Lipinski definition) is 6. The minimum Gasteiger partial charge on any atom is -0.478 e. The molecule has 0 aliphatic rings. The van der Waals surface area contributed by atoms with Gasteiger partial charge in [-0.05, 0) is 127 Å². The highest BCUT2D eigenvalue weighted by molar-refractivity contribution is 5.96. The second kappa shape index (κ2) is 17.8. The molecule has 0 aliphatic carbocycles. The van der Waals surface area contributed by atoms with E-state index in [1.165, 1.54) is 36.4 Å². The van der Waals surface area contributed by atoms with Crippen molar-refractivity contribution >= 4 is 52.9 Å². The quantitative estimate of drug-likeness (QED) is 0.0777. The van der Waals surface area contributed by atoms with Gasteiger partial charge in [-0.3, -0.25) is 0 Å². The zero-order valence-electron chi connectivity index (χ0n) is 31.2. The standard InChI is InChI=1S/C48H27NO12/c50-43(51)34-19-31(20-35(25-34)44(52)53)4-1-28-7-13-40(14-8-28)49(41-15-9-29(10-16-41)2-5-32-21-36(45(54)55)26-37(22-32)46(56)57)42-17-11-30(12-18-42)3-6-33-23-38(47(58)59)27-39(24-33)48(60)61/h7-27H,(H,50,51)(H,52,53)(H,54,55)(H,56,57)(H,58,59)(H,60,61). The second-order valence-corrected chi connectivity index (χ2v) is 13.0. The van der Waals surface area contributed by atoms with Crippen LogP contribution in [0.25, 0.3) is 0 Å². The van der Waals surface area contributed by atoms with Crippen LogP contribution in [0, 0.1) is 35.5 Å². The molecule has 13 nitrogen and oxygen atoms in total. The largest absolute Gasteiger partial charge is 0.478 e. The van der Waals surface area contributed by atoms with Crippen molar-refractivity contribution in [2.24, 2.45) is 0 Å². The van der Waals surface area contributed by atoms with E-state index in [9.17, 15) is 59.4 Å². The zero-order chi connectivity index (χ0) is 43.8. The summed E-state index contributed by atoms with van der Waals surface area (Å²) >= 11 is 0. The molecule has 0 atom stereocenters. The van der Waals surface area contributed by atoms with Gasteiger partial charge in [0.15, 0.2) is 0 Å². The number of rotatable bonds is 9. The van der Waals surface area contributed by atoms with Gasteiger partial charge in [0.1, 0.15) is 0 Å². The van der Waals surface area contributed by atoms with E-state index in [2.05, 4.69) is 35.5 Å². The van der Waals surface area contributed by atoms with E-state index in [0.29, 0.717) is 33.8 Å². The van der Waals surface area contributed by atoms with Gasteiger partial charge in [-0.2, -0.15) is 0 Å². The van der Waals surface area contributed by atoms with Crippen molar-refractivity contribution in [3.8, 4) is 35.5 Å². The van der Waals surface area contributed by atoms with Crippen LogP contribution in [0.5, 0.6) is 0 Å². The lowest BCUT2D eigenvalue weighted by molar-refractivity contribution is 0.0676. The summed E-state index contributed by atoms with van der Waals surface area (Å²) in [5.74, 6) is 9.50. The highest BCUT2D eigenvalue weighted by Crippen LogP contribution is 2.35. The first-order valence-electron chi connectivity index (χ1n) is 17.6. The fourth-order valence-corrected chi connectivity index (χ4v) is 5.80. The Labute approximate surface area is 346 Å². The van der Waals surface area contributed by atoms with Crippen LogP contribution in [0.2, 0.25) is 0 Å². The Hall–Kier alpha value is -9.38. The number of carboxylic acid groups (broad SMARTS) is 6. The number of anilines is 3. The first-order chi connectivity index (χ1) is 29.1. The van der Waals surface area contributed by atoms with E-state index in [4.69, 9.17) is 0 Å². The molecule has 0 aliphatic heterocycles. The number of nitrogens with zero attached hydrogens (tertiary/aromatic N) is 1. The summed E-state index contributed by atoms with van der Waals surface area (Å²) < 4.78 is 0. The molecule has 0 aromatic heterocycles. The van der Waals surface area contributed by atoms with E-state index >= 15 is 0 Å². The molecule has 0 saturated carbocycles. The summed E-state index contributed by atoms with van der Waals surface area (Å²) in [5, 5.41) is 56.5. The maximum Gasteiger partial charge on any atom is 0.335 e. The third kappa shape index (κ3) is 10.3. The molecular formula is C48H27NO12. The monoisotopic (exact) mass is 809 g/mol. The first kappa shape index (κ1) is 41.3. The van der Waals surface area contributed by atoms with Gasteiger partial charge < -0.3 is 35.5 Å². The average molecular weight is 810 g/mol. The fraction of sp³-hybridized carbons (Fsp3) is 0. The summed E-state index contributed by atoms with van der Waals surface area (Å²) in [6.07, 6.45) is 0. The average Bonchev–Trinajstić information content (AvgIpc) is 3.25. The van der Waals surface area contributed by atoms with Gasteiger partial charge in [0.05, 0.1) is 33.4 Å². The molecule has 0 spiro atoms. The summed E-state index contributed by atoms with van der Waals surface area (Å²) in [5.41, 5.74) is 2.89. The predicted octanol–water partition coefficient (Wildman–Crippen LogP) is 7.55. The lowest BCUT2D eigenvalue weighted by Crippen LogP contribution is -2.10. The third-order valence-corrected chi connectivity index (χ3v) is 8.71. The van der Waals surface area contributed by atoms with Crippen LogP contribution in [0.3, 0.4) is 0 Å². The lowest BCUT2D eigenvalue weighted by atomic mass is 10.0. The molecule has 0 amide bonds. The molecule has 13 heteroatoms. The minimum absolute atomic E-state index is 0.197. The van der Waals surface area contributed by atoms with Gasteiger partial charge >= 0.3 is 35.8 Å². The molecule has 296 valence electrons. The molecule has 0 heterocycles. The van der Waals surface area contributed by atoms with Crippen LogP contribution < -0.4 is 4.90 Å². The van der Waals surface area contributed by atoms with Crippen LogP contribution in [-0.4, -0.2) is 66.5 Å². The first-order valence-corrected chi connectivity index (χ1v) is 17.6. The maximum atomic E-state index is 11.6. The fourth-order valence-electron chi connectivity index (χ4n) is 5.80. The van der Waals surface area contributed by atoms with Crippen LogP contribution in [0.1, 0.15) is 95.5 Å². The van der Waals surface area contributed by atoms with E-state index < -0.39 is 35.8 Å². The highest BCUT2D eigenvalue weighted by atomic mass is 16.4. The van der Waals surface area contributed by atoms with Crippen molar-refractivity contribution in [2.45, 2.75) is 0 Å². The Morgan fingerprint density at radius 3 is 0.639 bits per heavy atom. The van der Waals surface area contributed by atoms with Crippen LogP contribution in [-0.2, 0) is 0 Å². The molecule has 0 fully saturated rings. The third-order valence-electron chi connectivity index (χ3n) is 8.71. The summed E-state index contributed by atoms with van der Waals surface area (Å²) in [6, 6.07) is 31.9. The van der Waals surface area contributed by atoms with Crippen molar-refractivity contribution < 1.29 is 59.4 Å². The molecule has 0 radical (unpaired) electrons. The van der Waals surface area contributed by atoms with Gasteiger partial charge in [-0.1, -0.05) is 35.5 Å². The zero-order valence-corrected chi connectivity index (χ0v) is 31.2. The van der Waals surface area contributed by atoms with E-state index in [1.54, 1.807) is 72.8 Å². The van der Waals surface area contributed by atoms with Gasteiger partial charge in [0.25, 0.3) is 0 Å². The van der Waals surface area contributed by atoms with Crippen LogP contribution in [0.15, 0.2) is 127 Å². The van der Waals surface area contributed by atoms with E-state index in [0.717, 1.165) is 18.2 Å². The van der Waals surface area contributed by atoms with Gasteiger partial charge in [-0.15, -0.1) is 0 Å². The molecule has 6 aromatic rings. The molecule has 61 heavy (non-hydrogen) atoms. The molecule has 6 N–H and O–H groups in total. The smallest absolute Gasteiger partial charge is 0.335 e.